The highest BCUT2D eigenvalue weighted by Gasteiger charge is 2.54. The number of fused-ring (bicyclic) bond motifs is 2. The van der Waals surface area contributed by atoms with Gasteiger partial charge >= 0.3 is 6.03 Å². The normalized spacial score (nSPS) is 21.3. The van der Waals surface area contributed by atoms with Gasteiger partial charge in [-0.05, 0) is 41.8 Å². The first-order valence-corrected chi connectivity index (χ1v) is 17.7. The fraction of sp³-hybridized carbons (Fsp3) is 0.385. The molecule has 3 atom stereocenters. The molecule has 0 saturated carbocycles. The van der Waals surface area contributed by atoms with Gasteiger partial charge in [0.1, 0.15) is 18.0 Å². The minimum absolute atomic E-state index is 0.0288. The van der Waals surface area contributed by atoms with Crippen molar-refractivity contribution < 1.29 is 24.2 Å². The molecule has 4 heterocycles. The van der Waals surface area contributed by atoms with E-state index in [4.69, 9.17) is 16.3 Å². The first-order valence-electron chi connectivity index (χ1n) is 17.7. The number of carbonyl (C=O) groups is 3. The van der Waals surface area contributed by atoms with Gasteiger partial charge in [0.2, 0.25) is 11.8 Å². The predicted octanol–water partition coefficient (Wildman–Crippen LogP) is 2.65. The third kappa shape index (κ3) is 7.18. The number of hydrogen-bond donors (Lipinski definition) is 2. The fourth-order valence-electron chi connectivity index (χ4n) is 7.54. The van der Waals surface area contributed by atoms with E-state index in [1.807, 2.05) is 66.3 Å². The van der Waals surface area contributed by atoms with E-state index < -0.39 is 24.3 Å². The summed E-state index contributed by atoms with van der Waals surface area (Å²) in [6, 6.07) is 20.3. The Hall–Kier alpha value is -5.42. The number of nitrogens with zero attached hydrogens (tertiary/aromatic N) is 7. The summed E-state index contributed by atoms with van der Waals surface area (Å²) in [5.74, 6) is 2.19. The molecule has 3 aliphatic heterocycles. The Labute approximate surface area is 303 Å². The second-order valence-electron chi connectivity index (χ2n) is 13.5. The van der Waals surface area contributed by atoms with Crippen molar-refractivity contribution in [2.45, 2.75) is 51.2 Å². The number of nitrogens with one attached hydrogen (secondary N) is 1. The molecule has 13 heteroatoms. The topological polar surface area (TPSA) is 127 Å². The number of aromatic nitrogens is 2. The lowest BCUT2D eigenvalue weighted by molar-refractivity contribution is -0.198. The number of amides is 4. The SMILES string of the molecule is C#CCN1CC(=O)N2[C@@H](Cc3ccc(O)cc3)C(=O)N(Cc3cccc4c3cnn4CCN3CCOCC3)[C@@H](C)[C@@H]2N1C(=O)NCc1ccccc1. The highest BCUT2D eigenvalue weighted by atomic mass is 16.5. The summed E-state index contributed by atoms with van der Waals surface area (Å²) in [5.41, 5.74) is 3.57. The molecule has 7 rings (SSSR count). The standard InChI is InChI=1S/C39H44N8O5/c1-3-16-43-27-36(49)46-35(23-29-12-14-32(48)15-13-29)38(50)44(28(2)37(46)47(43)39(51)40-24-30-8-5-4-6-9-30)26-31-10-7-11-34-33(31)25-41-45(34)18-17-42-19-21-52-22-20-42/h1,4-15,25,28,35,37,48H,16-24,26-27H2,2H3,(H,40,51)/t28-,35-,37-/m0/s1. The monoisotopic (exact) mass is 704 g/mol. The molecule has 0 radical (unpaired) electrons. The molecule has 52 heavy (non-hydrogen) atoms. The lowest BCUT2D eigenvalue weighted by Crippen LogP contribution is -2.79. The average molecular weight is 705 g/mol. The molecule has 13 nitrogen and oxygen atoms in total. The number of carbonyl (C=O) groups excluding carboxylic acids is 3. The van der Waals surface area contributed by atoms with Crippen LogP contribution in [0.3, 0.4) is 0 Å². The minimum Gasteiger partial charge on any atom is -0.508 e. The third-order valence-corrected chi connectivity index (χ3v) is 10.3. The van der Waals surface area contributed by atoms with Crippen LogP contribution in [0.2, 0.25) is 0 Å². The first kappa shape index (κ1) is 35.0. The second kappa shape index (κ2) is 15.4. The molecule has 3 aromatic carbocycles. The lowest BCUT2D eigenvalue weighted by Gasteiger charge is -2.57. The molecule has 4 aromatic rings. The smallest absolute Gasteiger partial charge is 0.334 e. The van der Waals surface area contributed by atoms with Crippen LogP contribution in [0.15, 0.2) is 79.0 Å². The van der Waals surface area contributed by atoms with Gasteiger partial charge in [-0.3, -0.25) is 19.2 Å². The number of hydrogen-bond acceptors (Lipinski definition) is 8. The molecule has 270 valence electrons. The minimum atomic E-state index is -0.911. The van der Waals surface area contributed by atoms with Crippen LogP contribution in [-0.4, -0.2) is 122 Å². The van der Waals surface area contributed by atoms with Gasteiger partial charge in [-0.25, -0.2) is 9.80 Å². The van der Waals surface area contributed by atoms with Gasteiger partial charge in [-0.1, -0.05) is 60.5 Å². The molecule has 0 bridgehead atoms. The molecule has 4 amide bonds. The average Bonchev–Trinajstić information content (AvgIpc) is 3.59. The zero-order valence-electron chi connectivity index (χ0n) is 29.3. The first-order chi connectivity index (χ1) is 25.3. The van der Waals surface area contributed by atoms with Gasteiger partial charge in [-0.2, -0.15) is 10.1 Å². The summed E-state index contributed by atoms with van der Waals surface area (Å²) in [6.07, 6.45) is 6.97. The maximum absolute atomic E-state index is 14.7. The van der Waals surface area contributed by atoms with E-state index in [9.17, 15) is 19.5 Å². The van der Waals surface area contributed by atoms with Crippen molar-refractivity contribution >= 4 is 28.7 Å². The van der Waals surface area contributed by atoms with Crippen molar-refractivity contribution in [2.24, 2.45) is 0 Å². The van der Waals surface area contributed by atoms with E-state index in [2.05, 4.69) is 16.1 Å². The largest absolute Gasteiger partial charge is 0.508 e. The number of phenols is 1. The van der Waals surface area contributed by atoms with Crippen LogP contribution in [0.25, 0.3) is 10.9 Å². The zero-order chi connectivity index (χ0) is 36.2. The number of piperazine rings is 1. The number of rotatable bonds is 10. The number of aromatic hydroxyl groups is 1. The number of terminal acetylenes is 1. The molecule has 0 unspecified atom stereocenters. The maximum atomic E-state index is 14.7. The van der Waals surface area contributed by atoms with Crippen molar-refractivity contribution in [3.05, 3.63) is 95.7 Å². The Bertz CT molecular complexity index is 1940. The number of morpholine rings is 1. The van der Waals surface area contributed by atoms with Crippen LogP contribution in [0, 0.1) is 12.3 Å². The molecule has 2 N–H and O–H groups in total. The highest BCUT2D eigenvalue weighted by molar-refractivity contribution is 5.92. The zero-order valence-corrected chi connectivity index (χ0v) is 29.3. The Kier molecular flexibility index (Phi) is 10.4. The molecule has 3 fully saturated rings. The maximum Gasteiger partial charge on any atom is 0.334 e. The Morgan fingerprint density at radius 1 is 1.00 bits per heavy atom. The lowest BCUT2D eigenvalue weighted by atomic mass is 9.94. The van der Waals surface area contributed by atoms with Gasteiger partial charge in [0.15, 0.2) is 0 Å². The molecule has 1 aromatic heterocycles. The number of hydrazine groups is 1. The third-order valence-electron chi connectivity index (χ3n) is 10.3. The summed E-state index contributed by atoms with van der Waals surface area (Å²) >= 11 is 0. The van der Waals surface area contributed by atoms with Crippen molar-refractivity contribution in [3.63, 3.8) is 0 Å². The van der Waals surface area contributed by atoms with Gasteiger partial charge in [-0.15, -0.1) is 6.42 Å². The quantitative estimate of drug-likeness (QED) is 0.242. The van der Waals surface area contributed by atoms with Gasteiger partial charge in [0.05, 0.1) is 50.6 Å². The van der Waals surface area contributed by atoms with E-state index in [1.165, 1.54) is 5.01 Å². The molecular weight excluding hydrogens is 660 g/mol. The molecule has 3 aliphatic rings. The number of phenolic OH excluding ortho intramolecular Hbond substituents is 1. The van der Waals surface area contributed by atoms with E-state index in [-0.39, 0.29) is 50.2 Å². The number of urea groups is 1. The fourth-order valence-corrected chi connectivity index (χ4v) is 7.54. The molecule has 0 spiro atoms. The Morgan fingerprint density at radius 2 is 1.77 bits per heavy atom. The van der Waals surface area contributed by atoms with E-state index in [0.717, 1.165) is 67.0 Å². The molecule has 3 saturated heterocycles. The summed E-state index contributed by atoms with van der Waals surface area (Å²) in [7, 11) is 0. The summed E-state index contributed by atoms with van der Waals surface area (Å²) in [6.45, 7) is 7.09. The van der Waals surface area contributed by atoms with Crippen molar-refractivity contribution in [3.8, 4) is 18.1 Å². The van der Waals surface area contributed by atoms with E-state index in [1.54, 1.807) is 39.1 Å². The summed E-state index contributed by atoms with van der Waals surface area (Å²) in [4.78, 5) is 48.6. The Morgan fingerprint density at radius 3 is 2.52 bits per heavy atom. The second-order valence-corrected chi connectivity index (χ2v) is 13.5. The van der Waals surface area contributed by atoms with Crippen LogP contribution in [0.4, 0.5) is 4.79 Å². The van der Waals surface area contributed by atoms with E-state index in [0.29, 0.717) is 0 Å². The molecule has 0 aliphatic carbocycles. The van der Waals surface area contributed by atoms with Crippen LogP contribution in [-0.2, 0) is 40.4 Å². The van der Waals surface area contributed by atoms with Crippen LogP contribution in [0.1, 0.15) is 23.6 Å². The van der Waals surface area contributed by atoms with Crippen molar-refractivity contribution in [2.75, 3.05) is 45.9 Å². The van der Waals surface area contributed by atoms with Crippen molar-refractivity contribution in [1.29, 1.82) is 0 Å². The predicted molar refractivity (Wildman–Crippen MR) is 194 cm³/mol. The van der Waals surface area contributed by atoms with Crippen molar-refractivity contribution in [1.82, 2.24) is 39.8 Å². The van der Waals surface area contributed by atoms with Crippen LogP contribution in [0.5, 0.6) is 5.75 Å². The highest BCUT2D eigenvalue weighted by Crippen LogP contribution is 2.34. The number of benzene rings is 3. The van der Waals surface area contributed by atoms with Crippen LogP contribution >= 0.6 is 0 Å². The summed E-state index contributed by atoms with van der Waals surface area (Å²) < 4.78 is 7.50. The van der Waals surface area contributed by atoms with Crippen LogP contribution < -0.4 is 5.32 Å². The Balaban J connectivity index is 1.22. The molecular formula is C39H44N8O5. The van der Waals surface area contributed by atoms with E-state index >= 15 is 0 Å². The summed E-state index contributed by atoms with van der Waals surface area (Å²) in [5, 5.41) is 21.8. The number of ether oxygens (including phenoxy) is 1. The van der Waals surface area contributed by atoms with Gasteiger partial charge < -0.3 is 25.0 Å². The van der Waals surface area contributed by atoms with Gasteiger partial charge in [0.25, 0.3) is 0 Å². The van der Waals surface area contributed by atoms with Gasteiger partial charge in [0, 0.05) is 44.5 Å².